The molecule has 0 spiro atoms. The van der Waals surface area contributed by atoms with Gasteiger partial charge in [-0.15, -0.1) is 0 Å². The van der Waals surface area contributed by atoms with Gasteiger partial charge in [0.15, 0.2) is 0 Å². The van der Waals surface area contributed by atoms with Crippen LogP contribution in [0.1, 0.15) is 11.1 Å². The van der Waals surface area contributed by atoms with Gasteiger partial charge in [0.1, 0.15) is 0 Å². The zero-order valence-electron chi connectivity index (χ0n) is 12.8. The molecule has 2 rings (SSSR count). The molecule has 0 fully saturated rings. The van der Waals surface area contributed by atoms with Crippen molar-refractivity contribution in [3.63, 3.8) is 0 Å². The molecule has 1 aromatic carbocycles. The van der Waals surface area contributed by atoms with Crippen molar-refractivity contribution in [1.29, 1.82) is 0 Å². The summed E-state index contributed by atoms with van der Waals surface area (Å²) in [7, 11) is 3.29. The highest BCUT2D eigenvalue weighted by Gasteiger charge is 2.27. The number of hydrogen-bond donors (Lipinski definition) is 1. The Hall–Kier alpha value is -1.43. The molecule has 0 aliphatic carbocycles. The molecule has 1 N–H and O–H groups in total. The average Bonchev–Trinajstić information content (AvgIpc) is 2.54. The van der Waals surface area contributed by atoms with Gasteiger partial charge in [0.2, 0.25) is 5.91 Å². The minimum atomic E-state index is -0.159. The summed E-state index contributed by atoms with van der Waals surface area (Å²) in [5.41, 5.74) is 2.54. The lowest BCUT2D eigenvalue weighted by molar-refractivity contribution is -0.135. The second kappa shape index (κ2) is 8.12. The lowest BCUT2D eigenvalue weighted by Crippen LogP contribution is -2.51. The fraction of sp³-hybridized carbons (Fsp3) is 0.562. The normalized spacial score (nSPS) is 17.3. The van der Waals surface area contributed by atoms with Crippen LogP contribution >= 0.6 is 0 Å². The van der Waals surface area contributed by atoms with Crippen molar-refractivity contribution in [2.75, 3.05) is 40.5 Å². The predicted molar refractivity (Wildman–Crippen MR) is 81.1 cm³/mol. The van der Waals surface area contributed by atoms with Gasteiger partial charge in [-0.1, -0.05) is 24.3 Å². The number of nitrogens with zero attached hydrogens (tertiary/aromatic N) is 1. The molecular formula is C16H24N2O3. The third-order valence-corrected chi connectivity index (χ3v) is 3.82. The first-order valence-corrected chi connectivity index (χ1v) is 7.33. The standard InChI is InChI=1S/C16H24N2O3/c1-20-9-7-18(8-10-21-2)16(19)15-11-13-5-3-4-6-14(13)12-17-15/h3-6,15,17H,7-12H2,1-2H3. The smallest absolute Gasteiger partial charge is 0.240 e. The number of fused-ring (bicyclic) bond motifs is 1. The maximum absolute atomic E-state index is 12.7. The van der Waals surface area contributed by atoms with E-state index in [2.05, 4.69) is 17.4 Å². The summed E-state index contributed by atoms with van der Waals surface area (Å²) in [6, 6.07) is 8.11. The number of ether oxygens (including phenoxy) is 2. The van der Waals surface area contributed by atoms with E-state index in [0.29, 0.717) is 26.3 Å². The van der Waals surface area contributed by atoms with Crippen molar-refractivity contribution < 1.29 is 14.3 Å². The Morgan fingerprint density at radius 3 is 2.43 bits per heavy atom. The molecule has 21 heavy (non-hydrogen) atoms. The van der Waals surface area contributed by atoms with E-state index in [-0.39, 0.29) is 11.9 Å². The zero-order valence-corrected chi connectivity index (χ0v) is 12.8. The van der Waals surface area contributed by atoms with Crippen LogP contribution in [0.25, 0.3) is 0 Å². The molecule has 1 aliphatic heterocycles. The number of rotatable bonds is 7. The highest BCUT2D eigenvalue weighted by molar-refractivity contribution is 5.82. The van der Waals surface area contributed by atoms with Crippen molar-refractivity contribution in [2.24, 2.45) is 0 Å². The number of carbonyl (C=O) groups is 1. The van der Waals surface area contributed by atoms with Gasteiger partial charge in [-0.05, 0) is 17.5 Å². The van der Waals surface area contributed by atoms with Gasteiger partial charge < -0.3 is 19.7 Å². The first kappa shape index (κ1) is 15.9. The van der Waals surface area contributed by atoms with Crippen LogP contribution < -0.4 is 5.32 Å². The Kier molecular flexibility index (Phi) is 6.17. The van der Waals surface area contributed by atoms with Gasteiger partial charge in [0, 0.05) is 33.9 Å². The highest BCUT2D eigenvalue weighted by atomic mass is 16.5. The number of amides is 1. The summed E-state index contributed by atoms with van der Waals surface area (Å²) < 4.78 is 10.2. The van der Waals surface area contributed by atoms with Crippen LogP contribution in [-0.2, 0) is 27.2 Å². The molecule has 1 atom stereocenters. The van der Waals surface area contributed by atoms with Crippen molar-refractivity contribution >= 4 is 5.91 Å². The van der Waals surface area contributed by atoms with Crippen molar-refractivity contribution in [2.45, 2.75) is 19.0 Å². The van der Waals surface area contributed by atoms with Crippen LogP contribution in [0.15, 0.2) is 24.3 Å². The van der Waals surface area contributed by atoms with E-state index in [4.69, 9.17) is 9.47 Å². The van der Waals surface area contributed by atoms with E-state index in [9.17, 15) is 4.79 Å². The van der Waals surface area contributed by atoms with Crippen LogP contribution in [0.4, 0.5) is 0 Å². The molecule has 0 saturated heterocycles. The van der Waals surface area contributed by atoms with Gasteiger partial charge in [-0.2, -0.15) is 0 Å². The molecule has 1 amide bonds. The Morgan fingerprint density at radius 1 is 1.19 bits per heavy atom. The largest absolute Gasteiger partial charge is 0.383 e. The van der Waals surface area contributed by atoms with Gasteiger partial charge in [0.05, 0.1) is 19.3 Å². The molecule has 1 heterocycles. The Balaban J connectivity index is 2.00. The van der Waals surface area contributed by atoms with E-state index in [1.807, 2.05) is 17.0 Å². The van der Waals surface area contributed by atoms with E-state index in [1.54, 1.807) is 14.2 Å². The van der Waals surface area contributed by atoms with Crippen molar-refractivity contribution in [3.05, 3.63) is 35.4 Å². The molecule has 0 bridgehead atoms. The van der Waals surface area contributed by atoms with Crippen LogP contribution in [0.3, 0.4) is 0 Å². The van der Waals surface area contributed by atoms with E-state index < -0.39 is 0 Å². The van der Waals surface area contributed by atoms with E-state index in [0.717, 1.165) is 13.0 Å². The number of nitrogens with one attached hydrogen (secondary N) is 1. The minimum Gasteiger partial charge on any atom is -0.383 e. The topological polar surface area (TPSA) is 50.8 Å². The van der Waals surface area contributed by atoms with E-state index in [1.165, 1.54) is 11.1 Å². The molecule has 0 radical (unpaired) electrons. The van der Waals surface area contributed by atoms with Gasteiger partial charge in [-0.3, -0.25) is 4.79 Å². The summed E-state index contributed by atoms with van der Waals surface area (Å²) in [5.74, 6) is 0.124. The molecule has 1 unspecified atom stereocenters. The molecule has 5 nitrogen and oxygen atoms in total. The fourth-order valence-electron chi connectivity index (χ4n) is 2.58. The average molecular weight is 292 g/mol. The number of benzene rings is 1. The molecule has 0 saturated carbocycles. The summed E-state index contributed by atoms with van der Waals surface area (Å²) >= 11 is 0. The van der Waals surface area contributed by atoms with Crippen LogP contribution in [-0.4, -0.2) is 57.4 Å². The first-order valence-electron chi connectivity index (χ1n) is 7.33. The number of hydrogen-bond acceptors (Lipinski definition) is 4. The quantitative estimate of drug-likeness (QED) is 0.808. The Bertz CT molecular complexity index is 457. The predicted octanol–water partition coefficient (Wildman–Crippen LogP) is 0.822. The van der Waals surface area contributed by atoms with Crippen molar-refractivity contribution in [3.8, 4) is 0 Å². The van der Waals surface area contributed by atoms with Crippen LogP contribution in [0, 0.1) is 0 Å². The maximum atomic E-state index is 12.7. The summed E-state index contributed by atoms with van der Waals surface area (Å²) in [4.78, 5) is 14.5. The third kappa shape index (κ3) is 4.27. The van der Waals surface area contributed by atoms with Gasteiger partial charge in [0.25, 0.3) is 0 Å². The number of methoxy groups -OCH3 is 2. The lowest BCUT2D eigenvalue weighted by Gasteiger charge is -2.31. The fourth-order valence-corrected chi connectivity index (χ4v) is 2.58. The van der Waals surface area contributed by atoms with Gasteiger partial charge in [-0.25, -0.2) is 0 Å². The third-order valence-electron chi connectivity index (χ3n) is 3.82. The van der Waals surface area contributed by atoms with Crippen molar-refractivity contribution in [1.82, 2.24) is 10.2 Å². The maximum Gasteiger partial charge on any atom is 0.240 e. The monoisotopic (exact) mass is 292 g/mol. The van der Waals surface area contributed by atoms with Gasteiger partial charge >= 0.3 is 0 Å². The SMILES string of the molecule is COCCN(CCOC)C(=O)C1Cc2ccccc2CN1. The molecule has 1 aliphatic rings. The zero-order chi connectivity index (χ0) is 15.1. The number of carbonyl (C=O) groups excluding carboxylic acids is 1. The first-order chi connectivity index (χ1) is 10.3. The Labute approximate surface area is 126 Å². The minimum absolute atomic E-state index is 0.124. The summed E-state index contributed by atoms with van der Waals surface area (Å²) in [6.07, 6.45) is 0.742. The van der Waals surface area contributed by atoms with E-state index >= 15 is 0 Å². The molecule has 116 valence electrons. The molecule has 0 aromatic heterocycles. The Morgan fingerprint density at radius 2 is 1.81 bits per heavy atom. The molecular weight excluding hydrogens is 268 g/mol. The second-order valence-corrected chi connectivity index (χ2v) is 5.22. The summed E-state index contributed by atoms with van der Waals surface area (Å²) in [5, 5.41) is 3.34. The van der Waals surface area contributed by atoms with Crippen LogP contribution in [0.5, 0.6) is 0 Å². The lowest BCUT2D eigenvalue weighted by atomic mass is 9.95. The second-order valence-electron chi connectivity index (χ2n) is 5.22. The molecule has 1 aromatic rings. The highest BCUT2D eigenvalue weighted by Crippen LogP contribution is 2.17. The van der Waals surface area contributed by atoms with Crippen LogP contribution in [0.2, 0.25) is 0 Å². The summed E-state index contributed by atoms with van der Waals surface area (Å²) in [6.45, 7) is 3.02. The molecule has 5 heteroatoms.